The first-order chi connectivity index (χ1) is 16.2. The number of carbonyl (C=O) groups is 1. The zero-order valence-electron chi connectivity index (χ0n) is 18.3. The van der Waals surface area contributed by atoms with Crippen molar-refractivity contribution in [1.82, 2.24) is 9.21 Å². The van der Waals surface area contributed by atoms with Crippen LogP contribution in [0.2, 0.25) is 0 Å². The zero-order chi connectivity index (χ0) is 24.3. The summed E-state index contributed by atoms with van der Waals surface area (Å²) >= 11 is 0. The van der Waals surface area contributed by atoms with Gasteiger partial charge in [0.2, 0.25) is 10.0 Å². The van der Waals surface area contributed by atoms with Crippen molar-refractivity contribution < 1.29 is 35.9 Å². The molecule has 0 radical (unpaired) electrons. The molecule has 0 N–H and O–H groups in total. The van der Waals surface area contributed by atoms with Crippen LogP contribution in [0.3, 0.4) is 0 Å². The summed E-state index contributed by atoms with van der Waals surface area (Å²) in [5.74, 6) is 0.238. The fourth-order valence-electron chi connectivity index (χ4n) is 4.06. The number of hydrogen-bond donors (Lipinski definition) is 0. The third-order valence-corrected chi connectivity index (χ3v) is 7.83. The molecular weight excluding hydrogens is 473 g/mol. The Morgan fingerprint density at radius 1 is 1.06 bits per heavy atom. The van der Waals surface area contributed by atoms with E-state index >= 15 is 0 Å². The van der Waals surface area contributed by atoms with Crippen LogP contribution in [0, 0.1) is 0 Å². The average Bonchev–Trinajstić information content (AvgIpc) is 3.36. The SMILES string of the molecule is O=C(c1cccc(OCC2CCCO2)c1)N1CCN(S(=O)(=O)c2ccccc2C(F)(F)F)CC1. The Labute approximate surface area is 196 Å². The van der Waals surface area contributed by atoms with Crippen molar-refractivity contribution in [2.45, 2.75) is 30.0 Å². The molecule has 2 aliphatic rings. The maximum Gasteiger partial charge on any atom is 0.417 e. The number of ether oxygens (including phenoxy) is 2. The van der Waals surface area contributed by atoms with Crippen molar-refractivity contribution in [2.75, 3.05) is 39.4 Å². The molecule has 2 aliphatic heterocycles. The van der Waals surface area contributed by atoms with Gasteiger partial charge in [0, 0.05) is 38.3 Å². The van der Waals surface area contributed by atoms with Crippen molar-refractivity contribution >= 4 is 15.9 Å². The predicted octanol–water partition coefficient (Wildman–Crippen LogP) is 3.41. The van der Waals surface area contributed by atoms with Gasteiger partial charge in [0.1, 0.15) is 12.4 Å². The number of benzene rings is 2. The van der Waals surface area contributed by atoms with Gasteiger partial charge in [-0.15, -0.1) is 0 Å². The maximum absolute atomic E-state index is 13.3. The molecule has 1 atom stereocenters. The van der Waals surface area contributed by atoms with Crippen LogP contribution < -0.4 is 4.74 Å². The summed E-state index contributed by atoms with van der Waals surface area (Å²) in [4.78, 5) is 13.7. The van der Waals surface area contributed by atoms with E-state index in [1.54, 1.807) is 24.3 Å². The Kier molecular flexibility index (Phi) is 7.15. The zero-order valence-corrected chi connectivity index (χ0v) is 19.1. The Morgan fingerprint density at radius 3 is 2.47 bits per heavy atom. The molecule has 0 aliphatic carbocycles. The van der Waals surface area contributed by atoms with Gasteiger partial charge in [-0.3, -0.25) is 4.79 Å². The first kappa shape index (κ1) is 24.5. The Hall–Kier alpha value is -2.63. The molecule has 1 amide bonds. The number of nitrogens with zero attached hydrogens (tertiary/aromatic N) is 2. The quantitative estimate of drug-likeness (QED) is 0.610. The first-order valence-electron chi connectivity index (χ1n) is 11.0. The number of hydrogen-bond acceptors (Lipinski definition) is 5. The number of alkyl halides is 3. The molecule has 0 spiro atoms. The lowest BCUT2D eigenvalue weighted by Crippen LogP contribution is -2.50. The molecule has 11 heteroatoms. The lowest BCUT2D eigenvalue weighted by molar-refractivity contribution is -0.139. The Bertz CT molecular complexity index is 1130. The number of rotatable bonds is 6. The molecule has 7 nitrogen and oxygen atoms in total. The monoisotopic (exact) mass is 498 g/mol. The molecule has 34 heavy (non-hydrogen) atoms. The minimum absolute atomic E-state index is 0.0388. The third kappa shape index (κ3) is 5.37. The predicted molar refractivity (Wildman–Crippen MR) is 117 cm³/mol. The van der Waals surface area contributed by atoms with E-state index in [0.717, 1.165) is 42.0 Å². The van der Waals surface area contributed by atoms with E-state index in [1.807, 2.05) is 0 Å². The minimum Gasteiger partial charge on any atom is -0.491 e. The first-order valence-corrected chi connectivity index (χ1v) is 12.4. The maximum atomic E-state index is 13.3. The van der Waals surface area contributed by atoms with E-state index in [1.165, 1.54) is 11.0 Å². The summed E-state index contributed by atoms with van der Waals surface area (Å²) in [6.45, 7) is 1.04. The second-order valence-corrected chi connectivity index (χ2v) is 10.1. The summed E-state index contributed by atoms with van der Waals surface area (Å²) in [5.41, 5.74) is -0.808. The lowest BCUT2D eigenvalue weighted by atomic mass is 10.1. The summed E-state index contributed by atoms with van der Waals surface area (Å²) in [7, 11) is -4.37. The summed E-state index contributed by atoms with van der Waals surface area (Å²) < 4.78 is 78.1. The molecule has 184 valence electrons. The Balaban J connectivity index is 1.40. The molecule has 2 aromatic rings. The van der Waals surface area contributed by atoms with Crippen molar-refractivity contribution in [3.63, 3.8) is 0 Å². The van der Waals surface area contributed by atoms with Crippen molar-refractivity contribution in [1.29, 1.82) is 0 Å². The fourth-order valence-corrected chi connectivity index (χ4v) is 5.70. The molecule has 0 saturated carbocycles. The topological polar surface area (TPSA) is 76.2 Å². The highest BCUT2D eigenvalue weighted by molar-refractivity contribution is 7.89. The van der Waals surface area contributed by atoms with Crippen molar-refractivity contribution in [2.24, 2.45) is 0 Å². The van der Waals surface area contributed by atoms with Crippen LogP contribution in [-0.2, 0) is 20.9 Å². The van der Waals surface area contributed by atoms with E-state index in [0.29, 0.717) is 17.9 Å². The number of sulfonamides is 1. The number of amides is 1. The second-order valence-electron chi connectivity index (χ2n) is 8.16. The number of piperazine rings is 1. The van der Waals surface area contributed by atoms with Gasteiger partial charge in [-0.2, -0.15) is 17.5 Å². The van der Waals surface area contributed by atoms with Crippen molar-refractivity contribution in [3.05, 3.63) is 59.7 Å². The highest BCUT2D eigenvalue weighted by Crippen LogP contribution is 2.35. The molecule has 2 fully saturated rings. The Morgan fingerprint density at radius 2 is 1.79 bits per heavy atom. The normalized spacial score (nSPS) is 19.9. The van der Waals surface area contributed by atoms with Gasteiger partial charge >= 0.3 is 6.18 Å². The molecule has 2 heterocycles. The van der Waals surface area contributed by atoms with Gasteiger partial charge < -0.3 is 14.4 Å². The smallest absolute Gasteiger partial charge is 0.417 e. The largest absolute Gasteiger partial charge is 0.491 e. The highest BCUT2D eigenvalue weighted by Gasteiger charge is 2.39. The molecular formula is C23H25F3N2O5S. The van der Waals surface area contributed by atoms with Gasteiger partial charge in [-0.25, -0.2) is 8.42 Å². The van der Waals surface area contributed by atoms with Crippen LogP contribution >= 0.6 is 0 Å². The van der Waals surface area contributed by atoms with Crippen LogP contribution in [0.1, 0.15) is 28.8 Å². The summed E-state index contributed by atoms with van der Waals surface area (Å²) in [6.07, 6.45) is -2.83. The van der Waals surface area contributed by atoms with Crippen LogP contribution in [-0.4, -0.2) is 69.0 Å². The molecule has 1 unspecified atom stereocenters. The van der Waals surface area contributed by atoms with E-state index in [2.05, 4.69) is 0 Å². The lowest BCUT2D eigenvalue weighted by Gasteiger charge is -2.34. The average molecular weight is 499 g/mol. The van der Waals surface area contributed by atoms with E-state index in [4.69, 9.17) is 9.47 Å². The fraction of sp³-hybridized carbons (Fsp3) is 0.435. The number of halogens is 3. The minimum atomic E-state index is -4.79. The summed E-state index contributed by atoms with van der Waals surface area (Å²) in [5, 5.41) is 0. The van der Waals surface area contributed by atoms with Gasteiger partial charge in [0.15, 0.2) is 0 Å². The van der Waals surface area contributed by atoms with Crippen molar-refractivity contribution in [3.8, 4) is 5.75 Å². The molecule has 2 saturated heterocycles. The van der Waals surface area contributed by atoms with Gasteiger partial charge in [-0.1, -0.05) is 18.2 Å². The number of carbonyl (C=O) groups excluding carboxylic acids is 1. The van der Waals surface area contributed by atoms with Gasteiger partial charge in [0.25, 0.3) is 5.91 Å². The van der Waals surface area contributed by atoms with E-state index < -0.39 is 26.7 Å². The standard InChI is InChI=1S/C23H25F3N2O5S/c24-23(25,26)20-8-1-2-9-21(20)34(30,31)28-12-10-27(11-13-28)22(29)17-5-3-6-18(15-17)33-16-19-7-4-14-32-19/h1-3,5-6,8-9,15,19H,4,7,10-14,16H2. The van der Waals surface area contributed by atoms with Crippen LogP contribution in [0.15, 0.2) is 53.4 Å². The molecule has 2 aromatic carbocycles. The second kappa shape index (κ2) is 9.93. The van der Waals surface area contributed by atoms with Gasteiger partial charge in [-0.05, 0) is 43.2 Å². The summed E-state index contributed by atoms with van der Waals surface area (Å²) in [6, 6.07) is 10.8. The van der Waals surface area contributed by atoms with Gasteiger partial charge in [0.05, 0.1) is 16.6 Å². The van der Waals surface area contributed by atoms with Crippen LogP contribution in [0.25, 0.3) is 0 Å². The van der Waals surface area contributed by atoms with Crippen LogP contribution in [0.5, 0.6) is 5.75 Å². The third-order valence-electron chi connectivity index (χ3n) is 5.88. The highest BCUT2D eigenvalue weighted by atomic mass is 32.2. The van der Waals surface area contributed by atoms with Crippen LogP contribution in [0.4, 0.5) is 13.2 Å². The molecule has 0 aromatic heterocycles. The van der Waals surface area contributed by atoms with E-state index in [-0.39, 0.29) is 38.2 Å². The van der Waals surface area contributed by atoms with E-state index in [9.17, 15) is 26.4 Å². The molecule has 0 bridgehead atoms. The molecule has 4 rings (SSSR count).